The lowest BCUT2D eigenvalue weighted by atomic mass is 10.3. The molecule has 2 heterocycles. The van der Waals surface area contributed by atoms with E-state index in [9.17, 15) is 9.59 Å². The number of aromatic nitrogens is 1. The van der Waals surface area contributed by atoms with Crippen molar-refractivity contribution < 1.29 is 9.59 Å². The van der Waals surface area contributed by atoms with E-state index in [0.29, 0.717) is 13.1 Å². The van der Waals surface area contributed by atoms with Gasteiger partial charge < -0.3 is 20.4 Å². The summed E-state index contributed by atoms with van der Waals surface area (Å²) in [6.07, 6.45) is 1.77. The van der Waals surface area contributed by atoms with E-state index in [1.165, 1.54) is 0 Å². The summed E-state index contributed by atoms with van der Waals surface area (Å²) in [6.45, 7) is 6.56. The van der Waals surface area contributed by atoms with Gasteiger partial charge >= 0.3 is 6.03 Å². The van der Waals surface area contributed by atoms with E-state index >= 15 is 0 Å². The first kappa shape index (κ1) is 16.1. The number of anilines is 1. The molecule has 1 aromatic rings. The lowest BCUT2D eigenvalue weighted by Crippen LogP contribution is -2.52. The maximum atomic E-state index is 12.1. The molecule has 1 saturated heterocycles. The van der Waals surface area contributed by atoms with Crippen molar-refractivity contribution in [3.8, 4) is 0 Å². The molecule has 0 bridgehead atoms. The summed E-state index contributed by atoms with van der Waals surface area (Å²) in [5, 5.41) is 5.28. The monoisotopic (exact) mass is 305 g/mol. The van der Waals surface area contributed by atoms with Crippen molar-refractivity contribution in [2.45, 2.75) is 19.9 Å². The molecular weight excluding hydrogens is 282 g/mol. The first-order valence-corrected chi connectivity index (χ1v) is 7.54. The Balaban J connectivity index is 1.74. The standard InChI is InChI=1S/C15H23N5O2/c1-12(2)18-15(22)17-11-14(21)20-9-7-19(8-10-20)13-5-3-4-6-16-13/h3-6,12H,7-11H2,1-2H3,(H2,17,18,22). The van der Waals surface area contributed by atoms with Gasteiger partial charge in [-0.25, -0.2) is 9.78 Å². The predicted octanol–water partition coefficient (Wildman–Crippen LogP) is 0.438. The number of rotatable bonds is 4. The molecule has 7 nitrogen and oxygen atoms in total. The van der Waals surface area contributed by atoms with Crippen LogP contribution in [0.15, 0.2) is 24.4 Å². The van der Waals surface area contributed by atoms with Crippen molar-refractivity contribution in [1.29, 1.82) is 0 Å². The van der Waals surface area contributed by atoms with Crippen LogP contribution < -0.4 is 15.5 Å². The molecule has 1 aliphatic rings. The number of pyridine rings is 1. The molecule has 0 aromatic carbocycles. The maximum Gasteiger partial charge on any atom is 0.315 e. The zero-order valence-electron chi connectivity index (χ0n) is 13.1. The van der Waals surface area contributed by atoms with E-state index in [-0.39, 0.29) is 24.5 Å². The fraction of sp³-hybridized carbons (Fsp3) is 0.533. The number of piperazine rings is 1. The maximum absolute atomic E-state index is 12.1. The van der Waals surface area contributed by atoms with E-state index in [1.54, 1.807) is 11.1 Å². The molecule has 7 heteroatoms. The third kappa shape index (κ3) is 4.61. The molecule has 0 atom stereocenters. The molecule has 0 radical (unpaired) electrons. The number of amides is 3. The summed E-state index contributed by atoms with van der Waals surface area (Å²) in [6, 6.07) is 5.55. The third-order valence-corrected chi connectivity index (χ3v) is 3.43. The Morgan fingerprint density at radius 1 is 1.23 bits per heavy atom. The molecule has 1 aromatic heterocycles. The number of carbonyl (C=O) groups excluding carboxylic acids is 2. The summed E-state index contributed by atoms with van der Waals surface area (Å²) < 4.78 is 0. The van der Waals surface area contributed by atoms with Crippen molar-refractivity contribution in [3.05, 3.63) is 24.4 Å². The topological polar surface area (TPSA) is 77.6 Å². The van der Waals surface area contributed by atoms with E-state index in [2.05, 4.69) is 20.5 Å². The van der Waals surface area contributed by atoms with Crippen LogP contribution in [-0.2, 0) is 4.79 Å². The Labute approximate surface area is 130 Å². The molecular formula is C15H23N5O2. The van der Waals surface area contributed by atoms with Gasteiger partial charge in [0, 0.05) is 38.4 Å². The van der Waals surface area contributed by atoms with Crippen LogP contribution in [0.5, 0.6) is 0 Å². The van der Waals surface area contributed by atoms with E-state index in [4.69, 9.17) is 0 Å². The first-order valence-electron chi connectivity index (χ1n) is 7.54. The molecule has 0 spiro atoms. The van der Waals surface area contributed by atoms with Crippen LogP contribution in [0.25, 0.3) is 0 Å². The molecule has 120 valence electrons. The lowest BCUT2D eigenvalue weighted by Gasteiger charge is -2.35. The zero-order chi connectivity index (χ0) is 15.9. The van der Waals surface area contributed by atoms with Crippen LogP contribution in [0.2, 0.25) is 0 Å². The summed E-state index contributed by atoms with van der Waals surface area (Å²) >= 11 is 0. The van der Waals surface area contributed by atoms with Crippen molar-refractivity contribution >= 4 is 17.8 Å². The van der Waals surface area contributed by atoms with Crippen LogP contribution >= 0.6 is 0 Å². The Morgan fingerprint density at radius 3 is 2.55 bits per heavy atom. The van der Waals surface area contributed by atoms with Crippen LogP contribution in [-0.4, -0.2) is 60.6 Å². The number of nitrogens with one attached hydrogen (secondary N) is 2. The molecule has 22 heavy (non-hydrogen) atoms. The molecule has 0 saturated carbocycles. The van der Waals surface area contributed by atoms with Gasteiger partial charge in [-0.3, -0.25) is 4.79 Å². The van der Waals surface area contributed by atoms with Gasteiger partial charge in [-0.1, -0.05) is 6.07 Å². The number of carbonyl (C=O) groups is 2. The van der Waals surface area contributed by atoms with E-state index < -0.39 is 0 Å². The van der Waals surface area contributed by atoms with Crippen LogP contribution in [0.3, 0.4) is 0 Å². The van der Waals surface area contributed by atoms with Gasteiger partial charge in [-0.05, 0) is 26.0 Å². The highest BCUT2D eigenvalue weighted by Gasteiger charge is 2.21. The fourth-order valence-corrected chi connectivity index (χ4v) is 2.31. The predicted molar refractivity (Wildman–Crippen MR) is 84.7 cm³/mol. The highest BCUT2D eigenvalue weighted by molar-refractivity contribution is 5.84. The average molecular weight is 305 g/mol. The second kappa shape index (κ2) is 7.63. The van der Waals surface area contributed by atoms with Crippen molar-refractivity contribution in [3.63, 3.8) is 0 Å². The second-order valence-electron chi connectivity index (χ2n) is 5.54. The van der Waals surface area contributed by atoms with Gasteiger partial charge in [0.2, 0.25) is 5.91 Å². The Hall–Kier alpha value is -2.31. The molecule has 3 amide bonds. The largest absolute Gasteiger partial charge is 0.353 e. The van der Waals surface area contributed by atoms with Gasteiger partial charge in [0.1, 0.15) is 5.82 Å². The molecule has 1 aliphatic heterocycles. The molecule has 0 aliphatic carbocycles. The van der Waals surface area contributed by atoms with Gasteiger partial charge in [0.15, 0.2) is 0 Å². The van der Waals surface area contributed by atoms with Gasteiger partial charge in [0.25, 0.3) is 0 Å². The smallest absolute Gasteiger partial charge is 0.315 e. The lowest BCUT2D eigenvalue weighted by molar-refractivity contribution is -0.130. The van der Waals surface area contributed by atoms with E-state index in [1.807, 2.05) is 32.0 Å². The van der Waals surface area contributed by atoms with Crippen LogP contribution in [0.1, 0.15) is 13.8 Å². The SMILES string of the molecule is CC(C)NC(=O)NCC(=O)N1CCN(c2ccccn2)CC1. The molecule has 1 fully saturated rings. The fourth-order valence-electron chi connectivity index (χ4n) is 2.31. The summed E-state index contributed by atoms with van der Waals surface area (Å²) in [7, 11) is 0. The quantitative estimate of drug-likeness (QED) is 0.846. The zero-order valence-corrected chi connectivity index (χ0v) is 13.1. The van der Waals surface area contributed by atoms with Gasteiger partial charge in [-0.2, -0.15) is 0 Å². The second-order valence-corrected chi connectivity index (χ2v) is 5.54. The van der Waals surface area contributed by atoms with Crippen molar-refractivity contribution in [2.24, 2.45) is 0 Å². The Morgan fingerprint density at radius 2 is 1.95 bits per heavy atom. The Bertz CT molecular complexity index is 498. The first-order chi connectivity index (χ1) is 10.6. The Kier molecular flexibility index (Phi) is 5.57. The summed E-state index contributed by atoms with van der Waals surface area (Å²) in [4.78, 5) is 31.8. The van der Waals surface area contributed by atoms with Crippen LogP contribution in [0.4, 0.5) is 10.6 Å². The minimum absolute atomic E-state index is 0.0299. The molecule has 0 unspecified atom stereocenters. The minimum atomic E-state index is -0.310. The highest BCUT2D eigenvalue weighted by Crippen LogP contribution is 2.12. The number of hydrogen-bond donors (Lipinski definition) is 2. The summed E-state index contributed by atoms with van der Waals surface area (Å²) in [5.74, 6) is 0.878. The highest BCUT2D eigenvalue weighted by atomic mass is 16.2. The average Bonchev–Trinajstić information content (AvgIpc) is 2.53. The number of urea groups is 1. The third-order valence-electron chi connectivity index (χ3n) is 3.43. The van der Waals surface area contributed by atoms with Crippen molar-refractivity contribution in [2.75, 3.05) is 37.6 Å². The summed E-state index contributed by atoms with van der Waals surface area (Å²) in [5.41, 5.74) is 0. The molecule has 2 rings (SSSR count). The van der Waals surface area contributed by atoms with Gasteiger partial charge in [0.05, 0.1) is 6.54 Å². The number of nitrogens with zero attached hydrogens (tertiary/aromatic N) is 3. The normalized spacial score (nSPS) is 14.9. The number of hydrogen-bond acceptors (Lipinski definition) is 4. The molecule has 2 N–H and O–H groups in total. The van der Waals surface area contributed by atoms with Gasteiger partial charge in [-0.15, -0.1) is 0 Å². The van der Waals surface area contributed by atoms with Crippen molar-refractivity contribution in [1.82, 2.24) is 20.5 Å². The minimum Gasteiger partial charge on any atom is -0.353 e. The van der Waals surface area contributed by atoms with Crippen LogP contribution in [0, 0.1) is 0 Å². The van der Waals surface area contributed by atoms with E-state index in [0.717, 1.165) is 18.9 Å².